The first-order chi connectivity index (χ1) is 7.29. The van der Waals surface area contributed by atoms with Crippen LogP contribution < -0.4 is 0 Å². The quantitative estimate of drug-likeness (QED) is 0.601. The number of rotatable bonds is 5. The third-order valence-corrected chi connectivity index (χ3v) is 2.25. The van der Waals surface area contributed by atoms with Gasteiger partial charge in [0.25, 0.3) is 0 Å². The van der Waals surface area contributed by atoms with Gasteiger partial charge in [-0.15, -0.1) is 0 Å². The van der Waals surface area contributed by atoms with Crippen molar-refractivity contribution in [2.45, 2.75) is 27.2 Å². The Kier molecular flexibility index (Phi) is 6.18. The van der Waals surface area contributed by atoms with Crippen molar-refractivity contribution in [1.29, 1.82) is 0 Å². The molecule has 0 aromatic carbocycles. The minimum atomic E-state index is -0.901. The first-order valence-electron chi connectivity index (χ1n) is 4.87. The third kappa shape index (κ3) is 5.80. The lowest BCUT2D eigenvalue weighted by Gasteiger charge is -2.26. The number of hydrogen-bond acceptors (Lipinski definition) is 4. The summed E-state index contributed by atoms with van der Waals surface area (Å²) in [4.78, 5) is 21.7. The van der Waals surface area contributed by atoms with E-state index in [-0.39, 0.29) is 24.5 Å². The van der Waals surface area contributed by atoms with Crippen LogP contribution in [-0.2, 0) is 14.3 Å². The van der Waals surface area contributed by atoms with Gasteiger partial charge < -0.3 is 14.6 Å². The lowest BCUT2D eigenvalue weighted by atomic mass is 9.79. The number of halogens is 1. The second-order valence-corrected chi connectivity index (χ2v) is 4.62. The van der Waals surface area contributed by atoms with Gasteiger partial charge >= 0.3 is 12.1 Å². The summed E-state index contributed by atoms with van der Waals surface area (Å²) in [6.07, 6.45) is -0.635. The fourth-order valence-corrected chi connectivity index (χ4v) is 1.36. The van der Waals surface area contributed by atoms with Crippen LogP contribution in [-0.4, -0.2) is 29.9 Å². The van der Waals surface area contributed by atoms with Gasteiger partial charge in [0.2, 0.25) is 0 Å². The molecule has 5 nitrogen and oxygen atoms in total. The van der Waals surface area contributed by atoms with Crippen molar-refractivity contribution in [2.75, 3.05) is 12.7 Å². The van der Waals surface area contributed by atoms with Crippen molar-refractivity contribution >= 4 is 23.7 Å². The average molecular weight is 253 g/mol. The van der Waals surface area contributed by atoms with E-state index in [2.05, 4.69) is 9.47 Å². The Morgan fingerprint density at radius 2 is 1.88 bits per heavy atom. The summed E-state index contributed by atoms with van der Waals surface area (Å²) in [5.74, 6) is -1.47. The molecule has 0 heterocycles. The molecular formula is C10H17ClO5. The molecule has 0 rings (SSSR count). The Balaban J connectivity index is 4.05. The molecule has 6 heteroatoms. The number of ether oxygens (including phenoxy) is 2. The Bertz CT molecular complexity index is 246. The van der Waals surface area contributed by atoms with E-state index < -0.39 is 18.0 Å². The molecule has 1 atom stereocenters. The molecule has 16 heavy (non-hydrogen) atoms. The fraction of sp³-hybridized carbons (Fsp3) is 0.800. The summed E-state index contributed by atoms with van der Waals surface area (Å²) in [6, 6.07) is -0.277. The predicted molar refractivity (Wildman–Crippen MR) is 58.4 cm³/mol. The van der Waals surface area contributed by atoms with Gasteiger partial charge in [-0.05, 0) is 11.8 Å². The van der Waals surface area contributed by atoms with Gasteiger partial charge in [-0.25, -0.2) is 4.79 Å². The zero-order chi connectivity index (χ0) is 12.8. The van der Waals surface area contributed by atoms with Crippen LogP contribution in [0, 0.1) is 11.3 Å². The maximum Gasteiger partial charge on any atom is 0.509 e. The molecule has 0 saturated carbocycles. The minimum Gasteiger partial charge on any atom is -0.481 e. The van der Waals surface area contributed by atoms with E-state index in [1.165, 1.54) is 0 Å². The monoisotopic (exact) mass is 252 g/mol. The van der Waals surface area contributed by atoms with Crippen molar-refractivity contribution in [1.82, 2.24) is 0 Å². The molecule has 0 bridgehead atoms. The number of carboxylic acids is 1. The number of hydrogen-bond donors (Lipinski definition) is 1. The fourth-order valence-electron chi connectivity index (χ4n) is 1.27. The van der Waals surface area contributed by atoms with Crippen molar-refractivity contribution in [3.05, 3.63) is 0 Å². The van der Waals surface area contributed by atoms with Gasteiger partial charge in [0.05, 0.1) is 12.5 Å². The summed E-state index contributed by atoms with van der Waals surface area (Å²) < 4.78 is 8.98. The molecule has 0 spiro atoms. The lowest BCUT2D eigenvalue weighted by Crippen LogP contribution is -2.29. The van der Waals surface area contributed by atoms with E-state index in [1.54, 1.807) is 0 Å². The molecular weight excluding hydrogens is 236 g/mol. The number of aliphatic carboxylic acids is 1. The van der Waals surface area contributed by atoms with Crippen molar-refractivity contribution < 1.29 is 24.2 Å². The highest BCUT2D eigenvalue weighted by Crippen LogP contribution is 2.28. The number of alkyl halides is 1. The topological polar surface area (TPSA) is 72.8 Å². The molecule has 0 aliphatic carbocycles. The molecule has 1 N–H and O–H groups in total. The van der Waals surface area contributed by atoms with Gasteiger partial charge in [0.1, 0.15) is 0 Å². The van der Waals surface area contributed by atoms with E-state index in [9.17, 15) is 9.59 Å². The van der Waals surface area contributed by atoms with Crippen molar-refractivity contribution in [3.63, 3.8) is 0 Å². The first kappa shape index (κ1) is 15.0. The molecule has 94 valence electrons. The van der Waals surface area contributed by atoms with Crippen LogP contribution in [0.25, 0.3) is 0 Å². The van der Waals surface area contributed by atoms with E-state index in [1.807, 2.05) is 20.8 Å². The van der Waals surface area contributed by atoms with Crippen LogP contribution in [0.3, 0.4) is 0 Å². The second-order valence-electron chi connectivity index (χ2n) is 4.40. The highest BCUT2D eigenvalue weighted by molar-refractivity contribution is 6.17. The van der Waals surface area contributed by atoms with Crippen LogP contribution in [0.15, 0.2) is 0 Å². The molecule has 0 amide bonds. The average Bonchev–Trinajstić information content (AvgIpc) is 2.10. The maximum atomic E-state index is 11.0. The Morgan fingerprint density at radius 1 is 1.31 bits per heavy atom. The van der Waals surface area contributed by atoms with E-state index in [4.69, 9.17) is 16.7 Å². The standard InChI is InChI=1S/C10H17ClO5/c1-10(2,3)7(8(12)13)4-5-15-9(14)16-6-11/h7H,4-6H2,1-3H3,(H,12,13). The van der Waals surface area contributed by atoms with E-state index >= 15 is 0 Å². The molecule has 0 fully saturated rings. The van der Waals surface area contributed by atoms with Gasteiger partial charge in [0, 0.05) is 0 Å². The number of carboxylic acid groups (broad SMARTS) is 1. The zero-order valence-corrected chi connectivity index (χ0v) is 10.4. The van der Waals surface area contributed by atoms with Crippen molar-refractivity contribution in [3.8, 4) is 0 Å². The highest BCUT2D eigenvalue weighted by Gasteiger charge is 2.31. The van der Waals surface area contributed by atoms with Crippen LogP contribution in [0.1, 0.15) is 27.2 Å². The van der Waals surface area contributed by atoms with Gasteiger partial charge in [-0.2, -0.15) is 0 Å². The SMILES string of the molecule is CC(C)(C)C(CCOC(=O)OCCl)C(=O)O. The number of carbonyl (C=O) groups is 2. The smallest absolute Gasteiger partial charge is 0.481 e. The van der Waals surface area contributed by atoms with Gasteiger partial charge in [-0.1, -0.05) is 32.4 Å². The molecule has 0 aliphatic heterocycles. The van der Waals surface area contributed by atoms with Gasteiger partial charge in [0.15, 0.2) is 6.07 Å². The largest absolute Gasteiger partial charge is 0.509 e. The Morgan fingerprint density at radius 3 is 2.25 bits per heavy atom. The van der Waals surface area contributed by atoms with Crippen LogP contribution in [0.4, 0.5) is 4.79 Å². The summed E-state index contributed by atoms with van der Waals surface area (Å²) in [5.41, 5.74) is -0.383. The van der Waals surface area contributed by atoms with Crippen LogP contribution in [0.5, 0.6) is 0 Å². The molecule has 0 aliphatic rings. The minimum absolute atomic E-state index is 0.00393. The molecule has 0 aromatic rings. The normalized spacial score (nSPS) is 13.0. The molecule has 1 unspecified atom stereocenters. The predicted octanol–water partition coefficient (Wildman–Crippen LogP) is 2.47. The Labute approximate surface area is 99.7 Å². The first-order valence-corrected chi connectivity index (χ1v) is 5.40. The van der Waals surface area contributed by atoms with Gasteiger partial charge in [-0.3, -0.25) is 4.79 Å². The second kappa shape index (κ2) is 6.58. The van der Waals surface area contributed by atoms with Crippen molar-refractivity contribution in [2.24, 2.45) is 11.3 Å². The summed E-state index contributed by atoms with van der Waals surface area (Å²) in [5, 5.41) is 8.98. The molecule has 0 aromatic heterocycles. The van der Waals surface area contributed by atoms with Crippen LogP contribution in [0.2, 0.25) is 0 Å². The van der Waals surface area contributed by atoms with E-state index in [0.717, 1.165) is 0 Å². The highest BCUT2D eigenvalue weighted by atomic mass is 35.5. The summed E-state index contributed by atoms with van der Waals surface area (Å²) in [7, 11) is 0. The lowest BCUT2D eigenvalue weighted by molar-refractivity contribution is -0.146. The van der Waals surface area contributed by atoms with E-state index in [0.29, 0.717) is 0 Å². The third-order valence-electron chi connectivity index (χ3n) is 2.14. The van der Waals surface area contributed by atoms with Crippen LogP contribution >= 0.6 is 11.6 Å². The zero-order valence-electron chi connectivity index (χ0n) is 9.66. The molecule has 0 saturated heterocycles. The molecule has 0 radical (unpaired) electrons. The summed E-state index contributed by atoms with van der Waals surface area (Å²) >= 11 is 5.14. The maximum absolute atomic E-state index is 11.0. The summed E-state index contributed by atoms with van der Waals surface area (Å²) in [6.45, 7) is 5.47. The Hall–Kier alpha value is -0.970. The number of carbonyl (C=O) groups excluding carboxylic acids is 1.